The van der Waals surface area contributed by atoms with Crippen LogP contribution < -0.4 is 10.2 Å². The average Bonchev–Trinajstić information content (AvgIpc) is 2.53. The molecular weight excluding hydrogens is 307 g/mol. The summed E-state index contributed by atoms with van der Waals surface area (Å²) < 4.78 is 13.9. The average molecular weight is 328 g/mol. The van der Waals surface area contributed by atoms with E-state index in [4.69, 9.17) is 0 Å². The number of nitrogens with zero attached hydrogens (tertiary/aromatic N) is 1. The van der Waals surface area contributed by atoms with Gasteiger partial charge in [-0.2, -0.15) is 0 Å². The SMILES string of the molecule is CC(=O)N(CC(=O)Nc1ccccc1C(C)C)c1ccccc1F. The van der Waals surface area contributed by atoms with Crippen LogP contribution in [0, 0.1) is 5.82 Å². The molecule has 126 valence electrons. The van der Waals surface area contributed by atoms with E-state index in [1.54, 1.807) is 6.07 Å². The number of rotatable bonds is 5. The zero-order chi connectivity index (χ0) is 17.7. The van der Waals surface area contributed by atoms with Gasteiger partial charge in [0.1, 0.15) is 12.4 Å². The number of nitrogens with one attached hydrogen (secondary N) is 1. The van der Waals surface area contributed by atoms with Crippen molar-refractivity contribution in [3.8, 4) is 0 Å². The van der Waals surface area contributed by atoms with Gasteiger partial charge in [0.15, 0.2) is 0 Å². The van der Waals surface area contributed by atoms with Crippen molar-refractivity contribution in [2.24, 2.45) is 0 Å². The highest BCUT2D eigenvalue weighted by molar-refractivity contribution is 6.02. The molecule has 0 unspecified atom stereocenters. The molecule has 0 atom stereocenters. The summed E-state index contributed by atoms with van der Waals surface area (Å²) >= 11 is 0. The van der Waals surface area contributed by atoms with Crippen molar-refractivity contribution in [3.05, 3.63) is 59.9 Å². The largest absolute Gasteiger partial charge is 0.324 e. The minimum absolute atomic E-state index is 0.0947. The minimum Gasteiger partial charge on any atom is -0.324 e. The first kappa shape index (κ1) is 17.7. The number of anilines is 2. The molecule has 0 saturated carbocycles. The fourth-order valence-corrected chi connectivity index (χ4v) is 2.48. The molecule has 5 heteroatoms. The van der Waals surface area contributed by atoms with Crippen LogP contribution in [0.3, 0.4) is 0 Å². The quantitative estimate of drug-likeness (QED) is 0.904. The molecule has 24 heavy (non-hydrogen) atoms. The van der Waals surface area contributed by atoms with Gasteiger partial charge in [0.05, 0.1) is 5.69 Å². The number of hydrogen-bond acceptors (Lipinski definition) is 2. The first-order valence-electron chi connectivity index (χ1n) is 7.81. The number of carbonyl (C=O) groups is 2. The monoisotopic (exact) mass is 328 g/mol. The van der Waals surface area contributed by atoms with Gasteiger partial charge in [-0.1, -0.05) is 44.2 Å². The third-order valence-corrected chi connectivity index (χ3v) is 3.68. The normalized spacial score (nSPS) is 10.5. The molecule has 0 aliphatic carbocycles. The highest BCUT2D eigenvalue weighted by atomic mass is 19.1. The van der Waals surface area contributed by atoms with E-state index in [2.05, 4.69) is 5.32 Å². The van der Waals surface area contributed by atoms with Crippen LogP contribution in [0.15, 0.2) is 48.5 Å². The highest BCUT2D eigenvalue weighted by Crippen LogP contribution is 2.24. The number of para-hydroxylation sites is 2. The van der Waals surface area contributed by atoms with Crippen molar-refractivity contribution in [2.75, 3.05) is 16.8 Å². The number of benzene rings is 2. The Morgan fingerprint density at radius 3 is 2.33 bits per heavy atom. The molecule has 0 spiro atoms. The molecule has 0 saturated heterocycles. The van der Waals surface area contributed by atoms with Gasteiger partial charge in [0.2, 0.25) is 11.8 Å². The summed E-state index contributed by atoms with van der Waals surface area (Å²) in [5, 5.41) is 2.81. The van der Waals surface area contributed by atoms with Crippen molar-refractivity contribution in [1.29, 1.82) is 0 Å². The van der Waals surface area contributed by atoms with Crippen LogP contribution in [-0.2, 0) is 9.59 Å². The Morgan fingerprint density at radius 1 is 1.08 bits per heavy atom. The summed E-state index contributed by atoms with van der Waals surface area (Å²) in [5.41, 5.74) is 1.80. The fraction of sp³-hybridized carbons (Fsp3) is 0.263. The second-order valence-electron chi connectivity index (χ2n) is 5.85. The van der Waals surface area contributed by atoms with Gasteiger partial charge in [0, 0.05) is 12.6 Å². The Bertz CT molecular complexity index is 744. The van der Waals surface area contributed by atoms with E-state index in [0.717, 1.165) is 10.5 Å². The predicted molar refractivity (Wildman–Crippen MR) is 93.6 cm³/mol. The molecule has 1 N–H and O–H groups in total. The maximum absolute atomic E-state index is 13.9. The van der Waals surface area contributed by atoms with E-state index in [1.807, 2.05) is 38.1 Å². The summed E-state index contributed by atoms with van der Waals surface area (Å²) in [6.45, 7) is 5.13. The molecule has 0 bridgehead atoms. The maximum Gasteiger partial charge on any atom is 0.244 e. The Hall–Kier alpha value is -2.69. The molecule has 2 aromatic rings. The summed E-state index contributed by atoms with van der Waals surface area (Å²) in [6.07, 6.45) is 0. The third-order valence-electron chi connectivity index (χ3n) is 3.68. The zero-order valence-corrected chi connectivity index (χ0v) is 14.0. The van der Waals surface area contributed by atoms with Crippen LogP contribution in [0.5, 0.6) is 0 Å². The maximum atomic E-state index is 13.9. The lowest BCUT2D eigenvalue weighted by Crippen LogP contribution is -2.37. The van der Waals surface area contributed by atoms with Gasteiger partial charge in [-0.15, -0.1) is 0 Å². The summed E-state index contributed by atoms with van der Waals surface area (Å²) in [4.78, 5) is 25.3. The molecule has 0 aliphatic rings. The molecule has 0 fully saturated rings. The van der Waals surface area contributed by atoms with E-state index in [0.29, 0.717) is 5.69 Å². The van der Waals surface area contributed by atoms with Crippen LogP contribution in [0.2, 0.25) is 0 Å². The standard InChI is InChI=1S/C19H21FN2O2/c1-13(2)15-8-4-6-10-17(15)21-19(24)12-22(14(3)23)18-11-7-5-9-16(18)20/h4-11,13H,12H2,1-3H3,(H,21,24). The molecule has 0 heterocycles. The lowest BCUT2D eigenvalue weighted by atomic mass is 10.0. The molecular formula is C19H21FN2O2. The van der Waals surface area contributed by atoms with Crippen molar-refractivity contribution in [3.63, 3.8) is 0 Å². The van der Waals surface area contributed by atoms with Crippen molar-refractivity contribution in [2.45, 2.75) is 26.7 Å². The first-order valence-corrected chi connectivity index (χ1v) is 7.81. The molecule has 0 aliphatic heterocycles. The van der Waals surface area contributed by atoms with E-state index < -0.39 is 11.7 Å². The first-order chi connectivity index (χ1) is 11.4. The Kier molecular flexibility index (Phi) is 5.68. The van der Waals surface area contributed by atoms with Gasteiger partial charge < -0.3 is 10.2 Å². The molecule has 2 amide bonds. The van der Waals surface area contributed by atoms with Crippen LogP contribution >= 0.6 is 0 Å². The van der Waals surface area contributed by atoms with Crippen LogP contribution in [0.4, 0.5) is 15.8 Å². The zero-order valence-electron chi connectivity index (χ0n) is 14.0. The van der Waals surface area contributed by atoms with Crippen molar-refractivity contribution < 1.29 is 14.0 Å². The molecule has 2 aromatic carbocycles. The Labute approximate surface area is 141 Å². The Balaban J connectivity index is 2.18. The van der Waals surface area contributed by atoms with Gasteiger partial charge in [-0.25, -0.2) is 4.39 Å². The van der Waals surface area contributed by atoms with E-state index in [1.165, 1.54) is 25.1 Å². The van der Waals surface area contributed by atoms with Gasteiger partial charge >= 0.3 is 0 Å². The van der Waals surface area contributed by atoms with E-state index in [-0.39, 0.29) is 24.1 Å². The van der Waals surface area contributed by atoms with Crippen LogP contribution in [0.25, 0.3) is 0 Å². The number of amides is 2. The molecule has 0 radical (unpaired) electrons. The third kappa shape index (κ3) is 4.19. The van der Waals surface area contributed by atoms with Crippen LogP contribution in [0.1, 0.15) is 32.3 Å². The second kappa shape index (κ2) is 7.73. The number of hydrogen-bond donors (Lipinski definition) is 1. The number of carbonyl (C=O) groups excluding carboxylic acids is 2. The highest BCUT2D eigenvalue weighted by Gasteiger charge is 2.19. The fourth-order valence-electron chi connectivity index (χ4n) is 2.48. The lowest BCUT2D eigenvalue weighted by Gasteiger charge is -2.22. The topological polar surface area (TPSA) is 49.4 Å². The van der Waals surface area contributed by atoms with Crippen molar-refractivity contribution >= 4 is 23.2 Å². The van der Waals surface area contributed by atoms with Crippen molar-refractivity contribution in [1.82, 2.24) is 0 Å². The predicted octanol–water partition coefficient (Wildman–Crippen LogP) is 3.94. The Morgan fingerprint density at radius 2 is 1.71 bits per heavy atom. The van der Waals surface area contributed by atoms with Crippen LogP contribution in [-0.4, -0.2) is 18.4 Å². The molecule has 2 rings (SSSR count). The van der Waals surface area contributed by atoms with Gasteiger partial charge in [-0.05, 0) is 29.7 Å². The van der Waals surface area contributed by atoms with E-state index >= 15 is 0 Å². The lowest BCUT2D eigenvalue weighted by molar-refractivity contribution is -0.120. The second-order valence-corrected chi connectivity index (χ2v) is 5.85. The summed E-state index contributed by atoms with van der Waals surface area (Å²) in [7, 11) is 0. The van der Waals surface area contributed by atoms with Gasteiger partial charge in [-0.3, -0.25) is 9.59 Å². The minimum atomic E-state index is -0.539. The smallest absolute Gasteiger partial charge is 0.244 e. The number of halogens is 1. The molecule has 0 aromatic heterocycles. The summed E-state index contributed by atoms with van der Waals surface area (Å²) in [6, 6.07) is 13.4. The van der Waals surface area contributed by atoms with Gasteiger partial charge in [0.25, 0.3) is 0 Å². The van der Waals surface area contributed by atoms with E-state index in [9.17, 15) is 14.0 Å². The summed E-state index contributed by atoms with van der Waals surface area (Å²) in [5.74, 6) is -1.06. The molecule has 4 nitrogen and oxygen atoms in total.